The van der Waals surface area contributed by atoms with Gasteiger partial charge in [-0.15, -0.1) is 0 Å². The molecule has 0 saturated heterocycles. The third-order valence-electron chi connectivity index (χ3n) is 2.79. The lowest BCUT2D eigenvalue weighted by Gasteiger charge is -2.17. The molecule has 0 saturated carbocycles. The molecule has 1 rings (SSSR count). The van der Waals surface area contributed by atoms with Gasteiger partial charge in [0.15, 0.2) is 0 Å². The van der Waals surface area contributed by atoms with Gasteiger partial charge in [0.25, 0.3) is 0 Å². The zero-order valence-electron chi connectivity index (χ0n) is 11.7. The molecule has 0 spiro atoms. The fourth-order valence-electron chi connectivity index (χ4n) is 1.71. The maximum absolute atomic E-state index is 6.19. The number of pyridine rings is 1. The molecule has 0 atom stereocenters. The number of hydrogen-bond acceptors (Lipinski definition) is 3. The van der Waals surface area contributed by atoms with Gasteiger partial charge in [-0.1, -0.05) is 31.9 Å². The van der Waals surface area contributed by atoms with Gasteiger partial charge in [-0.05, 0) is 38.6 Å². The smallest absolute Gasteiger partial charge is 0.126 e. The SMILES string of the molecule is CCCCN(C)Cc1nc(NCCC)ccc1Cl. The number of halogens is 1. The quantitative estimate of drug-likeness (QED) is 0.778. The van der Waals surface area contributed by atoms with Gasteiger partial charge in [0, 0.05) is 13.1 Å². The Morgan fingerprint density at radius 1 is 1.28 bits per heavy atom. The topological polar surface area (TPSA) is 28.2 Å². The predicted molar refractivity (Wildman–Crippen MR) is 79.3 cm³/mol. The average Bonchev–Trinajstić information content (AvgIpc) is 2.37. The molecule has 0 amide bonds. The fraction of sp³-hybridized carbons (Fsp3) is 0.643. The molecule has 0 bridgehead atoms. The number of unbranched alkanes of at least 4 members (excludes halogenated alkanes) is 1. The Kier molecular flexibility index (Phi) is 7.06. The van der Waals surface area contributed by atoms with Gasteiger partial charge in [0.1, 0.15) is 5.82 Å². The molecule has 0 fully saturated rings. The van der Waals surface area contributed by atoms with E-state index < -0.39 is 0 Å². The molecule has 0 unspecified atom stereocenters. The zero-order valence-corrected chi connectivity index (χ0v) is 12.4. The van der Waals surface area contributed by atoms with Crippen molar-refractivity contribution < 1.29 is 0 Å². The summed E-state index contributed by atoms with van der Waals surface area (Å²) in [7, 11) is 2.11. The van der Waals surface area contributed by atoms with E-state index in [0.29, 0.717) is 0 Å². The van der Waals surface area contributed by atoms with Crippen molar-refractivity contribution in [3.63, 3.8) is 0 Å². The second-order valence-electron chi connectivity index (χ2n) is 4.64. The van der Waals surface area contributed by atoms with Crippen molar-refractivity contribution in [1.29, 1.82) is 0 Å². The highest BCUT2D eigenvalue weighted by Gasteiger charge is 2.07. The van der Waals surface area contributed by atoms with E-state index in [1.165, 1.54) is 12.8 Å². The number of hydrogen-bond donors (Lipinski definition) is 1. The Bertz CT molecular complexity index is 355. The number of aromatic nitrogens is 1. The van der Waals surface area contributed by atoms with Gasteiger partial charge in [0.2, 0.25) is 0 Å². The molecule has 0 aliphatic rings. The van der Waals surface area contributed by atoms with E-state index in [9.17, 15) is 0 Å². The lowest BCUT2D eigenvalue weighted by molar-refractivity contribution is 0.317. The summed E-state index contributed by atoms with van der Waals surface area (Å²) in [5.41, 5.74) is 0.955. The molecule has 1 N–H and O–H groups in total. The Morgan fingerprint density at radius 3 is 2.72 bits per heavy atom. The first-order valence-electron chi connectivity index (χ1n) is 6.75. The second-order valence-corrected chi connectivity index (χ2v) is 5.05. The van der Waals surface area contributed by atoms with E-state index >= 15 is 0 Å². The molecule has 0 aliphatic carbocycles. The Morgan fingerprint density at radius 2 is 2.06 bits per heavy atom. The maximum atomic E-state index is 6.19. The highest BCUT2D eigenvalue weighted by molar-refractivity contribution is 6.31. The van der Waals surface area contributed by atoms with Crippen LogP contribution in [0.1, 0.15) is 38.8 Å². The van der Waals surface area contributed by atoms with Crippen molar-refractivity contribution in [3.8, 4) is 0 Å². The molecule has 1 aromatic heterocycles. The van der Waals surface area contributed by atoms with Crippen molar-refractivity contribution in [3.05, 3.63) is 22.8 Å². The van der Waals surface area contributed by atoms with Gasteiger partial charge in [-0.25, -0.2) is 4.98 Å². The van der Waals surface area contributed by atoms with E-state index in [4.69, 9.17) is 11.6 Å². The summed E-state index contributed by atoms with van der Waals surface area (Å²) in [4.78, 5) is 6.84. The van der Waals surface area contributed by atoms with Crippen LogP contribution in [0.5, 0.6) is 0 Å². The summed E-state index contributed by atoms with van der Waals surface area (Å²) in [6.45, 7) is 7.18. The van der Waals surface area contributed by atoms with Crippen LogP contribution in [0.3, 0.4) is 0 Å². The molecule has 0 radical (unpaired) electrons. The van der Waals surface area contributed by atoms with Crippen LogP contribution in [0.25, 0.3) is 0 Å². The van der Waals surface area contributed by atoms with Gasteiger partial charge in [-0.3, -0.25) is 0 Å². The van der Waals surface area contributed by atoms with Crippen LogP contribution in [-0.2, 0) is 6.54 Å². The first kappa shape index (κ1) is 15.3. The van der Waals surface area contributed by atoms with Crippen LogP contribution in [0.15, 0.2) is 12.1 Å². The lowest BCUT2D eigenvalue weighted by atomic mass is 10.3. The van der Waals surface area contributed by atoms with E-state index in [2.05, 4.69) is 36.1 Å². The molecule has 102 valence electrons. The van der Waals surface area contributed by atoms with Crippen molar-refractivity contribution in [2.45, 2.75) is 39.7 Å². The monoisotopic (exact) mass is 269 g/mol. The zero-order chi connectivity index (χ0) is 13.4. The normalized spacial score (nSPS) is 10.9. The summed E-state index contributed by atoms with van der Waals surface area (Å²) >= 11 is 6.19. The molecular weight excluding hydrogens is 246 g/mol. The maximum Gasteiger partial charge on any atom is 0.126 e. The number of nitrogens with zero attached hydrogens (tertiary/aromatic N) is 2. The van der Waals surface area contributed by atoms with Crippen molar-refractivity contribution in [2.24, 2.45) is 0 Å². The second kappa shape index (κ2) is 8.33. The molecule has 18 heavy (non-hydrogen) atoms. The number of anilines is 1. The van der Waals surface area contributed by atoms with Gasteiger partial charge in [0.05, 0.1) is 10.7 Å². The first-order chi connectivity index (χ1) is 8.67. The number of nitrogens with one attached hydrogen (secondary N) is 1. The third kappa shape index (κ3) is 5.23. The largest absolute Gasteiger partial charge is 0.370 e. The Balaban J connectivity index is 2.62. The highest BCUT2D eigenvalue weighted by atomic mass is 35.5. The van der Waals surface area contributed by atoms with Gasteiger partial charge in [-0.2, -0.15) is 0 Å². The molecule has 4 heteroatoms. The van der Waals surface area contributed by atoms with Crippen LogP contribution >= 0.6 is 11.6 Å². The summed E-state index contributed by atoms with van der Waals surface area (Å²) in [6, 6.07) is 3.86. The third-order valence-corrected chi connectivity index (χ3v) is 3.13. The molecule has 0 aromatic carbocycles. The summed E-state index contributed by atoms with van der Waals surface area (Å²) in [5.74, 6) is 0.917. The van der Waals surface area contributed by atoms with Crippen LogP contribution < -0.4 is 5.32 Å². The van der Waals surface area contributed by atoms with E-state index in [1.807, 2.05) is 12.1 Å². The molecule has 1 aromatic rings. The minimum absolute atomic E-state index is 0.750. The minimum atomic E-state index is 0.750. The van der Waals surface area contributed by atoms with Crippen LogP contribution in [0.2, 0.25) is 5.02 Å². The molecule has 1 heterocycles. The number of rotatable bonds is 8. The Labute approximate surface area is 116 Å². The van der Waals surface area contributed by atoms with Crippen molar-refractivity contribution in [1.82, 2.24) is 9.88 Å². The van der Waals surface area contributed by atoms with Crippen molar-refractivity contribution in [2.75, 3.05) is 25.5 Å². The van der Waals surface area contributed by atoms with Crippen LogP contribution in [0, 0.1) is 0 Å². The van der Waals surface area contributed by atoms with E-state index in [-0.39, 0.29) is 0 Å². The van der Waals surface area contributed by atoms with E-state index in [0.717, 1.165) is 42.6 Å². The summed E-state index contributed by atoms with van der Waals surface area (Å²) in [6.07, 6.45) is 3.52. The van der Waals surface area contributed by atoms with Gasteiger partial charge >= 0.3 is 0 Å². The van der Waals surface area contributed by atoms with E-state index in [1.54, 1.807) is 0 Å². The van der Waals surface area contributed by atoms with Gasteiger partial charge < -0.3 is 10.2 Å². The standard InChI is InChI=1S/C14H24ClN3/c1-4-6-10-18(3)11-13-12(15)7-8-14(17-13)16-9-5-2/h7-8H,4-6,9-11H2,1-3H3,(H,16,17). The van der Waals surface area contributed by atoms with Crippen LogP contribution in [0.4, 0.5) is 5.82 Å². The minimum Gasteiger partial charge on any atom is -0.370 e. The average molecular weight is 270 g/mol. The predicted octanol–water partition coefficient (Wildman–Crippen LogP) is 3.79. The highest BCUT2D eigenvalue weighted by Crippen LogP contribution is 2.18. The fourth-order valence-corrected chi connectivity index (χ4v) is 1.87. The summed E-state index contributed by atoms with van der Waals surface area (Å²) in [5, 5.41) is 4.04. The first-order valence-corrected chi connectivity index (χ1v) is 7.13. The molecule has 3 nitrogen and oxygen atoms in total. The van der Waals surface area contributed by atoms with Crippen LogP contribution in [-0.4, -0.2) is 30.0 Å². The lowest BCUT2D eigenvalue weighted by Crippen LogP contribution is -2.20. The summed E-state index contributed by atoms with van der Waals surface area (Å²) < 4.78 is 0. The van der Waals surface area contributed by atoms with Crippen molar-refractivity contribution >= 4 is 17.4 Å². The molecular formula is C14H24ClN3. The molecule has 0 aliphatic heterocycles. The Hall–Kier alpha value is -0.800.